The van der Waals surface area contributed by atoms with E-state index in [1.807, 2.05) is 0 Å². The van der Waals surface area contributed by atoms with E-state index in [-0.39, 0.29) is 11.4 Å². The van der Waals surface area contributed by atoms with E-state index in [1.165, 1.54) is 28.9 Å². The van der Waals surface area contributed by atoms with Gasteiger partial charge in [-0.05, 0) is 50.2 Å². The highest BCUT2D eigenvalue weighted by Gasteiger charge is 2.21. The van der Waals surface area contributed by atoms with Crippen LogP contribution < -0.4 is 4.72 Å². The first-order valence-corrected chi connectivity index (χ1v) is 10.6. The molecule has 0 bridgehead atoms. The lowest BCUT2D eigenvalue weighted by Gasteiger charge is -2.10. The fourth-order valence-electron chi connectivity index (χ4n) is 2.64. The van der Waals surface area contributed by atoms with Gasteiger partial charge in [-0.2, -0.15) is 5.10 Å². The summed E-state index contributed by atoms with van der Waals surface area (Å²) < 4.78 is 44.2. The number of nitrogens with zero attached hydrogens (tertiary/aromatic N) is 2. The van der Waals surface area contributed by atoms with Gasteiger partial charge in [0.25, 0.3) is 10.0 Å². The maximum Gasteiger partial charge on any atom is 0.262 e. The van der Waals surface area contributed by atoms with Gasteiger partial charge in [-0.25, -0.2) is 12.8 Å². The van der Waals surface area contributed by atoms with Gasteiger partial charge in [-0.1, -0.05) is 33.6 Å². The molecule has 0 spiro atoms. The number of benzene rings is 2. The molecule has 1 heterocycles. The molecule has 5 nitrogen and oxygen atoms in total. The number of hydrogen-bond acceptors (Lipinski definition) is 3. The molecule has 0 unspecified atom stereocenters. The average molecular weight is 473 g/mol. The molecular formula is C18H16BrClFN3O2S. The molecule has 27 heavy (non-hydrogen) atoms. The van der Waals surface area contributed by atoms with Crippen LogP contribution in [0.2, 0.25) is 5.02 Å². The summed E-state index contributed by atoms with van der Waals surface area (Å²) in [5.74, 6) is -0.438. The van der Waals surface area contributed by atoms with Crippen molar-refractivity contribution in [3.8, 4) is 0 Å². The Bertz CT molecular complexity index is 1080. The molecule has 0 saturated heterocycles. The second-order valence-electron chi connectivity index (χ2n) is 5.96. The van der Waals surface area contributed by atoms with E-state index in [9.17, 15) is 12.8 Å². The molecule has 0 radical (unpaired) electrons. The van der Waals surface area contributed by atoms with Gasteiger partial charge in [-0.15, -0.1) is 0 Å². The van der Waals surface area contributed by atoms with E-state index in [0.29, 0.717) is 27.7 Å². The summed E-state index contributed by atoms with van der Waals surface area (Å²) in [6, 6.07) is 10.8. The summed E-state index contributed by atoms with van der Waals surface area (Å²) in [6.07, 6.45) is 0. The van der Waals surface area contributed by atoms with Crippen molar-refractivity contribution in [2.75, 3.05) is 4.72 Å². The van der Waals surface area contributed by atoms with Crippen LogP contribution in [-0.2, 0) is 16.6 Å². The van der Waals surface area contributed by atoms with Crippen LogP contribution in [0.4, 0.5) is 10.1 Å². The Hall–Kier alpha value is -1.90. The second kappa shape index (κ2) is 7.61. The van der Waals surface area contributed by atoms with E-state index in [4.69, 9.17) is 11.6 Å². The van der Waals surface area contributed by atoms with Crippen molar-refractivity contribution in [2.45, 2.75) is 25.3 Å². The monoisotopic (exact) mass is 471 g/mol. The molecular weight excluding hydrogens is 457 g/mol. The Kier molecular flexibility index (Phi) is 5.60. The molecule has 0 amide bonds. The molecule has 3 aromatic rings. The normalized spacial score (nSPS) is 11.6. The van der Waals surface area contributed by atoms with Crippen molar-refractivity contribution in [2.24, 2.45) is 0 Å². The van der Waals surface area contributed by atoms with Gasteiger partial charge in [0.2, 0.25) is 0 Å². The molecule has 0 aliphatic carbocycles. The molecule has 3 rings (SSSR count). The van der Waals surface area contributed by atoms with Crippen LogP contribution in [0.25, 0.3) is 0 Å². The summed E-state index contributed by atoms with van der Waals surface area (Å²) in [4.78, 5) is 0.134. The molecule has 0 saturated carbocycles. The SMILES string of the molecule is Cc1nn(Cc2c(F)cccc2Cl)c(C)c1NS(=O)(=O)c1ccc(Br)cc1. The Balaban J connectivity index is 1.93. The van der Waals surface area contributed by atoms with E-state index in [0.717, 1.165) is 4.47 Å². The summed E-state index contributed by atoms with van der Waals surface area (Å²) in [6.45, 7) is 3.50. The van der Waals surface area contributed by atoms with Gasteiger partial charge in [0.1, 0.15) is 5.82 Å². The quantitative estimate of drug-likeness (QED) is 0.574. The molecule has 9 heteroatoms. The smallest absolute Gasteiger partial charge is 0.262 e. The highest BCUT2D eigenvalue weighted by atomic mass is 79.9. The van der Waals surface area contributed by atoms with E-state index < -0.39 is 15.8 Å². The third kappa shape index (κ3) is 4.17. The van der Waals surface area contributed by atoms with Crippen molar-refractivity contribution < 1.29 is 12.8 Å². The summed E-state index contributed by atoms with van der Waals surface area (Å²) in [5, 5.41) is 4.63. The van der Waals surface area contributed by atoms with Crippen LogP contribution in [0, 0.1) is 19.7 Å². The Morgan fingerprint density at radius 3 is 2.48 bits per heavy atom. The minimum absolute atomic E-state index is 0.0954. The Morgan fingerprint density at radius 2 is 1.85 bits per heavy atom. The number of aryl methyl sites for hydroxylation is 1. The molecule has 142 valence electrons. The Labute approximate surface area is 170 Å². The first-order valence-electron chi connectivity index (χ1n) is 7.94. The van der Waals surface area contributed by atoms with Gasteiger partial charge in [0.05, 0.1) is 28.5 Å². The van der Waals surface area contributed by atoms with E-state index in [2.05, 4.69) is 25.8 Å². The number of halogens is 3. The van der Waals surface area contributed by atoms with Crippen molar-refractivity contribution in [3.63, 3.8) is 0 Å². The van der Waals surface area contributed by atoms with Gasteiger partial charge in [0.15, 0.2) is 0 Å². The molecule has 2 aromatic carbocycles. The zero-order valence-electron chi connectivity index (χ0n) is 14.5. The van der Waals surface area contributed by atoms with Gasteiger partial charge >= 0.3 is 0 Å². The van der Waals surface area contributed by atoms with Gasteiger partial charge in [-0.3, -0.25) is 9.40 Å². The standard InChI is InChI=1S/C18H16BrClFN3O2S/c1-11-18(23-27(25,26)14-8-6-13(19)7-9-14)12(2)24(22-11)10-15-16(20)4-3-5-17(15)21/h3-9,23H,10H2,1-2H3. The van der Waals surface area contributed by atoms with Crippen LogP contribution in [0.1, 0.15) is 17.0 Å². The number of nitrogens with one attached hydrogen (secondary N) is 1. The first-order chi connectivity index (χ1) is 12.7. The first kappa shape index (κ1) is 19.9. The molecule has 0 fully saturated rings. The lowest BCUT2D eigenvalue weighted by molar-refractivity contribution is 0.579. The van der Waals surface area contributed by atoms with Crippen LogP contribution in [-0.4, -0.2) is 18.2 Å². The zero-order valence-corrected chi connectivity index (χ0v) is 17.7. The zero-order chi connectivity index (χ0) is 19.8. The van der Waals surface area contributed by atoms with E-state index in [1.54, 1.807) is 32.0 Å². The van der Waals surface area contributed by atoms with Crippen LogP contribution in [0.5, 0.6) is 0 Å². The number of hydrogen-bond donors (Lipinski definition) is 1. The van der Waals surface area contributed by atoms with Gasteiger partial charge < -0.3 is 0 Å². The minimum Gasteiger partial charge on any atom is -0.276 e. The lowest BCUT2D eigenvalue weighted by Crippen LogP contribution is -2.14. The topological polar surface area (TPSA) is 64.0 Å². The fourth-order valence-corrected chi connectivity index (χ4v) is 4.30. The van der Waals surface area contributed by atoms with Crippen molar-refractivity contribution in [3.05, 3.63) is 74.7 Å². The lowest BCUT2D eigenvalue weighted by atomic mass is 10.2. The number of rotatable bonds is 5. The predicted octanol–water partition coefficient (Wildman–Crippen LogP) is 4.90. The largest absolute Gasteiger partial charge is 0.276 e. The maximum absolute atomic E-state index is 14.1. The van der Waals surface area contributed by atoms with Crippen LogP contribution in [0.3, 0.4) is 0 Å². The van der Waals surface area contributed by atoms with Crippen LogP contribution in [0.15, 0.2) is 51.8 Å². The Morgan fingerprint density at radius 1 is 1.19 bits per heavy atom. The maximum atomic E-state index is 14.1. The van der Waals surface area contributed by atoms with Crippen molar-refractivity contribution in [1.29, 1.82) is 0 Å². The van der Waals surface area contributed by atoms with Gasteiger partial charge in [0, 0.05) is 15.1 Å². The average Bonchev–Trinajstić information content (AvgIpc) is 2.86. The van der Waals surface area contributed by atoms with Crippen molar-refractivity contribution in [1.82, 2.24) is 9.78 Å². The molecule has 0 aliphatic heterocycles. The van der Waals surface area contributed by atoms with Crippen LogP contribution >= 0.6 is 27.5 Å². The third-order valence-electron chi connectivity index (χ3n) is 4.11. The highest BCUT2D eigenvalue weighted by Crippen LogP contribution is 2.26. The molecule has 1 N–H and O–H groups in total. The number of anilines is 1. The molecule has 0 atom stereocenters. The predicted molar refractivity (Wildman–Crippen MR) is 107 cm³/mol. The summed E-state index contributed by atoms with van der Waals surface area (Å²) in [5.41, 5.74) is 1.71. The summed E-state index contributed by atoms with van der Waals surface area (Å²) >= 11 is 9.36. The summed E-state index contributed by atoms with van der Waals surface area (Å²) in [7, 11) is -3.78. The van der Waals surface area contributed by atoms with Crippen molar-refractivity contribution >= 4 is 43.2 Å². The number of aromatic nitrogens is 2. The fraction of sp³-hybridized carbons (Fsp3) is 0.167. The highest BCUT2D eigenvalue weighted by molar-refractivity contribution is 9.10. The third-order valence-corrected chi connectivity index (χ3v) is 6.36. The second-order valence-corrected chi connectivity index (χ2v) is 8.97. The van der Waals surface area contributed by atoms with E-state index >= 15 is 0 Å². The molecule has 1 aromatic heterocycles. The number of sulfonamides is 1. The minimum atomic E-state index is -3.78. The molecule has 0 aliphatic rings.